The van der Waals surface area contributed by atoms with E-state index in [9.17, 15) is 23.3 Å². The highest BCUT2D eigenvalue weighted by atomic mass is 32.2. The Kier molecular flexibility index (Phi) is 4.86. The van der Waals surface area contributed by atoms with Crippen LogP contribution in [-0.4, -0.2) is 29.7 Å². The van der Waals surface area contributed by atoms with Gasteiger partial charge in [0, 0.05) is 18.7 Å². The molecule has 0 radical (unpaired) electrons. The number of sulfonamides is 1. The zero-order valence-electron chi connectivity index (χ0n) is 12.2. The molecule has 2 aromatic rings. The maximum atomic E-state index is 12.2. The molecule has 1 heterocycles. The van der Waals surface area contributed by atoms with Crippen LogP contribution in [0.2, 0.25) is 0 Å². The van der Waals surface area contributed by atoms with Gasteiger partial charge in [-0.1, -0.05) is 12.1 Å². The number of nitro groups is 1. The number of nitrogens with one attached hydrogen (secondary N) is 1. The second kappa shape index (κ2) is 6.67. The maximum Gasteiger partial charge on any atom is 0.289 e. The molecule has 0 amide bonds. The highest BCUT2D eigenvalue weighted by Crippen LogP contribution is 2.22. The molecule has 1 aromatic heterocycles. The quantitative estimate of drug-likeness (QED) is 0.602. The van der Waals surface area contributed by atoms with Gasteiger partial charge in [0.1, 0.15) is 0 Å². The van der Waals surface area contributed by atoms with Crippen LogP contribution in [0.3, 0.4) is 0 Å². The van der Waals surface area contributed by atoms with Gasteiger partial charge in [-0.15, -0.1) is 0 Å². The standard InChI is InChI=1S/C13H14N4O5S/c1-10-6-7-13(18)16(15-10)9-8-14-23(21,22)12-5-3-2-4-11(12)17(19)20/h2-7,14H,8-9H2,1H3. The summed E-state index contributed by atoms with van der Waals surface area (Å²) in [6, 6.07) is 7.93. The largest absolute Gasteiger partial charge is 0.289 e. The molecular formula is C13H14N4O5S. The fourth-order valence-electron chi connectivity index (χ4n) is 1.91. The highest BCUT2D eigenvalue weighted by molar-refractivity contribution is 7.89. The van der Waals surface area contributed by atoms with E-state index in [1.54, 1.807) is 13.0 Å². The van der Waals surface area contributed by atoms with Crippen LogP contribution in [0.25, 0.3) is 0 Å². The van der Waals surface area contributed by atoms with Crippen molar-refractivity contribution in [2.75, 3.05) is 6.54 Å². The molecule has 1 N–H and O–H groups in total. The Hall–Kier alpha value is -2.59. The second-order valence-electron chi connectivity index (χ2n) is 4.66. The molecular weight excluding hydrogens is 324 g/mol. The number of aryl methyl sites for hydroxylation is 1. The van der Waals surface area contributed by atoms with Crippen LogP contribution in [0.15, 0.2) is 46.1 Å². The lowest BCUT2D eigenvalue weighted by atomic mass is 10.3. The molecule has 0 saturated carbocycles. The van der Waals surface area contributed by atoms with Crippen LogP contribution in [0.4, 0.5) is 5.69 Å². The van der Waals surface area contributed by atoms with Crippen LogP contribution in [0, 0.1) is 17.0 Å². The lowest BCUT2D eigenvalue weighted by Gasteiger charge is -2.08. The van der Waals surface area contributed by atoms with Crippen molar-refractivity contribution in [1.29, 1.82) is 0 Å². The monoisotopic (exact) mass is 338 g/mol. The van der Waals surface area contributed by atoms with Gasteiger partial charge in [0.15, 0.2) is 4.90 Å². The summed E-state index contributed by atoms with van der Waals surface area (Å²) in [6.07, 6.45) is 0. The summed E-state index contributed by atoms with van der Waals surface area (Å²) in [5, 5.41) is 14.9. The van der Waals surface area contributed by atoms with E-state index in [-0.39, 0.29) is 18.6 Å². The number of hydrogen-bond donors (Lipinski definition) is 1. The van der Waals surface area contributed by atoms with Gasteiger partial charge in [-0.25, -0.2) is 17.8 Å². The number of benzene rings is 1. The predicted molar refractivity (Wildman–Crippen MR) is 81.5 cm³/mol. The number of para-hydroxylation sites is 1. The summed E-state index contributed by atoms with van der Waals surface area (Å²) in [5.41, 5.74) is -0.252. The molecule has 23 heavy (non-hydrogen) atoms. The average Bonchev–Trinajstić information content (AvgIpc) is 2.50. The van der Waals surface area contributed by atoms with Crippen molar-refractivity contribution in [3.05, 3.63) is 62.6 Å². The average molecular weight is 338 g/mol. The minimum absolute atomic E-state index is 0.0143. The molecule has 122 valence electrons. The van der Waals surface area contributed by atoms with E-state index in [0.717, 1.165) is 16.8 Å². The van der Waals surface area contributed by atoms with Crippen LogP contribution in [-0.2, 0) is 16.6 Å². The summed E-state index contributed by atoms with van der Waals surface area (Å²) in [7, 11) is -4.06. The molecule has 0 atom stereocenters. The first kappa shape index (κ1) is 16.8. The van der Waals surface area contributed by atoms with Crippen molar-refractivity contribution in [1.82, 2.24) is 14.5 Å². The zero-order chi connectivity index (χ0) is 17.0. The third-order valence-corrected chi connectivity index (χ3v) is 4.48. The highest BCUT2D eigenvalue weighted by Gasteiger charge is 2.24. The first-order valence-electron chi connectivity index (χ1n) is 6.59. The van der Waals surface area contributed by atoms with Gasteiger partial charge in [-0.3, -0.25) is 14.9 Å². The minimum atomic E-state index is -4.06. The molecule has 2 rings (SSSR count). The molecule has 1 aromatic carbocycles. The summed E-state index contributed by atoms with van der Waals surface area (Å²) < 4.78 is 27.7. The summed E-state index contributed by atoms with van der Waals surface area (Å²) in [4.78, 5) is 21.3. The summed E-state index contributed by atoms with van der Waals surface area (Å²) >= 11 is 0. The third kappa shape index (κ3) is 3.99. The third-order valence-electron chi connectivity index (χ3n) is 2.97. The van der Waals surface area contributed by atoms with Gasteiger partial charge in [-0.05, 0) is 19.1 Å². The molecule has 9 nitrogen and oxygen atoms in total. The van der Waals surface area contributed by atoms with Gasteiger partial charge >= 0.3 is 0 Å². The van der Waals surface area contributed by atoms with E-state index >= 15 is 0 Å². The first-order valence-corrected chi connectivity index (χ1v) is 8.07. The molecule has 0 aliphatic rings. The maximum absolute atomic E-state index is 12.2. The number of nitrogens with zero attached hydrogens (tertiary/aromatic N) is 3. The normalized spacial score (nSPS) is 11.3. The Morgan fingerprint density at radius 1 is 1.26 bits per heavy atom. The first-order chi connectivity index (χ1) is 10.8. The topological polar surface area (TPSA) is 124 Å². The molecule has 0 unspecified atom stereocenters. The van der Waals surface area contributed by atoms with E-state index < -0.39 is 25.5 Å². The van der Waals surface area contributed by atoms with E-state index in [0.29, 0.717) is 5.69 Å². The lowest BCUT2D eigenvalue weighted by molar-refractivity contribution is -0.387. The van der Waals surface area contributed by atoms with Crippen molar-refractivity contribution in [3.63, 3.8) is 0 Å². The van der Waals surface area contributed by atoms with E-state index in [4.69, 9.17) is 0 Å². The molecule has 0 aliphatic heterocycles. The van der Waals surface area contributed by atoms with Gasteiger partial charge in [0.2, 0.25) is 10.0 Å². The fourth-order valence-corrected chi connectivity index (χ4v) is 3.10. The Labute approximate surface area is 131 Å². The van der Waals surface area contributed by atoms with Crippen LogP contribution >= 0.6 is 0 Å². The number of hydrogen-bond acceptors (Lipinski definition) is 6. The van der Waals surface area contributed by atoms with E-state index in [1.807, 2.05) is 0 Å². The molecule has 0 spiro atoms. The molecule has 10 heteroatoms. The molecule has 0 fully saturated rings. The van der Waals surface area contributed by atoms with Crippen molar-refractivity contribution in [3.8, 4) is 0 Å². The summed E-state index contributed by atoms with van der Waals surface area (Å²) in [5.74, 6) is 0. The minimum Gasteiger partial charge on any atom is -0.268 e. The van der Waals surface area contributed by atoms with Crippen molar-refractivity contribution in [2.45, 2.75) is 18.4 Å². The SMILES string of the molecule is Cc1ccc(=O)n(CCNS(=O)(=O)c2ccccc2[N+](=O)[O-])n1. The Balaban J connectivity index is 2.15. The van der Waals surface area contributed by atoms with Crippen LogP contribution in [0.5, 0.6) is 0 Å². The Morgan fingerprint density at radius 2 is 1.96 bits per heavy atom. The predicted octanol–water partition coefficient (Wildman–Crippen LogP) is 0.438. The van der Waals surface area contributed by atoms with Gasteiger partial charge in [0.25, 0.3) is 11.2 Å². The van der Waals surface area contributed by atoms with Crippen molar-refractivity contribution in [2.24, 2.45) is 0 Å². The smallest absolute Gasteiger partial charge is 0.268 e. The Bertz CT molecular complexity index is 891. The number of aromatic nitrogens is 2. The number of nitro benzene ring substituents is 1. The van der Waals surface area contributed by atoms with E-state index in [1.165, 1.54) is 18.2 Å². The Morgan fingerprint density at radius 3 is 2.65 bits per heavy atom. The van der Waals surface area contributed by atoms with Gasteiger partial charge in [-0.2, -0.15) is 5.10 Å². The zero-order valence-corrected chi connectivity index (χ0v) is 13.0. The second-order valence-corrected chi connectivity index (χ2v) is 6.39. The molecule has 0 aliphatic carbocycles. The van der Waals surface area contributed by atoms with Crippen LogP contribution in [0.1, 0.15) is 5.69 Å². The van der Waals surface area contributed by atoms with E-state index in [2.05, 4.69) is 9.82 Å². The van der Waals surface area contributed by atoms with Crippen molar-refractivity contribution < 1.29 is 13.3 Å². The van der Waals surface area contributed by atoms with Gasteiger partial charge < -0.3 is 0 Å². The van der Waals surface area contributed by atoms with Crippen molar-refractivity contribution >= 4 is 15.7 Å². The lowest BCUT2D eigenvalue weighted by Crippen LogP contribution is -2.32. The van der Waals surface area contributed by atoms with Crippen LogP contribution < -0.4 is 10.3 Å². The number of rotatable bonds is 6. The fraction of sp³-hybridized carbons (Fsp3) is 0.231. The molecule has 0 saturated heterocycles. The van der Waals surface area contributed by atoms with Gasteiger partial charge in [0.05, 0.1) is 17.2 Å². The molecule has 0 bridgehead atoms. The summed E-state index contributed by atoms with van der Waals surface area (Å²) in [6.45, 7) is 1.60.